The van der Waals surface area contributed by atoms with Crippen LogP contribution in [-0.2, 0) is 4.79 Å². The Kier molecular flexibility index (Phi) is 4.56. The first-order valence-corrected chi connectivity index (χ1v) is 5.42. The van der Waals surface area contributed by atoms with E-state index >= 15 is 0 Å². The zero-order valence-electron chi connectivity index (χ0n) is 9.41. The molecule has 1 fully saturated rings. The van der Waals surface area contributed by atoms with E-state index in [2.05, 4.69) is 18.5 Å². The highest BCUT2D eigenvalue weighted by Crippen LogP contribution is 2.18. The lowest BCUT2D eigenvalue weighted by molar-refractivity contribution is -0.136. The molecule has 84 valence electrons. The molecule has 1 N–H and O–H groups in total. The van der Waals surface area contributed by atoms with Gasteiger partial charge in [0.15, 0.2) is 0 Å². The Hall–Kier alpha value is -1.09. The standard InChI is InChI=1S/C12H20N2O/c1-4-6-14(7-5-2)12(15)10(3)11-8-13-9-11/h4-5,10-11,13H,1-2,6-9H2,3H3. The van der Waals surface area contributed by atoms with Crippen molar-refractivity contribution in [2.75, 3.05) is 26.2 Å². The molecule has 0 aliphatic carbocycles. The minimum atomic E-state index is 0.103. The largest absolute Gasteiger partial charge is 0.335 e. The van der Waals surface area contributed by atoms with Crippen molar-refractivity contribution in [2.45, 2.75) is 6.92 Å². The number of nitrogens with zero attached hydrogens (tertiary/aromatic N) is 1. The van der Waals surface area contributed by atoms with Crippen LogP contribution in [-0.4, -0.2) is 37.0 Å². The predicted molar refractivity (Wildman–Crippen MR) is 62.5 cm³/mol. The molecule has 0 aromatic rings. The van der Waals surface area contributed by atoms with Crippen LogP contribution in [0.25, 0.3) is 0 Å². The van der Waals surface area contributed by atoms with Crippen molar-refractivity contribution >= 4 is 5.91 Å². The highest BCUT2D eigenvalue weighted by Gasteiger charge is 2.30. The van der Waals surface area contributed by atoms with Crippen molar-refractivity contribution < 1.29 is 4.79 Å². The Morgan fingerprint density at radius 1 is 1.47 bits per heavy atom. The van der Waals surface area contributed by atoms with Crippen LogP contribution in [0.3, 0.4) is 0 Å². The molecule has 0 aromatic heterocycles. The van der Waals surface area contributed by atoms with Crippen molar-refractivity contribution in [2.24, 2.45) is 11.8 Å². The van der Waals surface area contributed by atoms with Crippen LogP contribution in [0.1, 0.15) is 6.92 Å². The second kappa shape index (κ2) is 5.71. The van der Waals surface area contributed by atoms with Crippen molar-refractivity contribution in [3.63, 3.8) is 0 Å². The molecule has 1 saturated heterocycles. The summed E-state index contributed by atoms with van der Waals surface area (Å²) in [7, 11) is 0. The molecular weight excluding hydrogens is 188 g/mol. The van der Waals surface area contributed by atoms with Gasteiger partial charge in [0.05, 0.1) is 0 Å². The Morgan fingerprint density at radius 3 is 2.33 bits per heavy atom. The smallest absolute Gasteiger partial charge is 0.226 e. The number of amides is 1. The lowest BCUT2D eigenvalue weighted by Crippen LogP contribution is -2.50. The number of hydrogen-bond acceptors (Lipinski definition) is 2. The number of carbonyl (C=O) groups excluding carboxylic acids is 1. The van der Waals surface area contributed by atoms with Gasteiger partial charge in [-0.3, -0.25) is 4.79 Å². The fourth-order valence-electron chi connectivity index (χ4n) is 1.72. The van der Waals surface area contributed by atoms with Gasteiger partial charge in [-0.05, 0) is 19.0 Å². The molecule has 0 radical (unpaired) electrons. The normalized spacial score (nSPS) is 17.7. The summed E-state index contributed by atoms with van der Waals surface area (Å²) in [6.07, 6.45) is 3.51. The first-order chi connectivity index (χ1) is 7.20. The van der Waals surface area contributed by atoms with Crippen molar-refractivity contribution in [1.29, 1.82) is 0 Å². The van der Waals surface area contributed by atoms with E-state index in [4.69, 9.17) is 0 Å². The van der Waals surface area contributed by atoms with E-state index in [0.717, 1.165) is 13.1 Å². The molecule has 1 heterocycles. The Bertz CT molecular complexity index is 236. The molecule has 1 aliphatic rings. The maximum atomic E-state index is 12.1. The second-order valence-electron chi connectivity index (χ2n) is 4.03. The fourth-order valence-corrected chi connectivity index (χ4v) is 1.72. The number of carbonyl (C=O) groups is 1. The molecule has 1 atom stereocenters. The predicted octanol–water partition coefficient (Wildman–Crippen LogP) is 1.04. The zero-order valence-corrected chi connectivity index (χ0v) is 9.41. The summed E-state index contributed by atoms with van der Waals surface area (Å²) in [5.74, 6) is 0.807. The minimum absolute atomic E-state index is 0.103. The number of nitrogens with one attached hydrogen (secondary N) is 1. The minimum Gasteiger partial charge on any atom is -0.335 e. The molecule has 3 nitrogen and oxygen atoms in total. The number of hydrogen-bond donors (Lipinski definition) is 1. The molecule has 1 amide bonds. The van der Waals surface area contributed by atoms with E-state index in [1.165, 1.54) is 0 Å². The summed E-state index contributed by atoms with van der Waals surface area (Å²) < 4.78 is 0. The van der Waals surface area contributed by atoms with Crippen LogP contribution in [0, 0.1) is 11.8 Å². The SMILES string of the molecule is C=CCN(CC=C)C(=O)C(C)C1CNC1. The summed E-state index contributed by atoms with van der Waals surface area (Å²) in [5, 5.41) is 3.19. The van der Waals surface area contributed by atoms with E-state index in [1.54, 1.807) is 17.1 Å². The first kappa shape index (κ1) is 12.0. The van der Waals surface area contributed by atoms with E-state index in [9.17, 15) is 4.79 Å². The van der Waals surface area contributed by atoms with Crippen molar-refractivity contribution in [3.05, 3.63) is 25.3 Å². The summed E-state index contributed by atoms with van der Waals surface area (Å²) >= 11 is 0. The molecule has 3 heteroatoms. The average Bonchev–Trinajstić information content (AvgIpc) is 2.13. The average molecular weight is 208 g/mol. The van der Waals surface area contributed by atoms with Gasteiger partial charge in [0.2, 0.25) is 5.91 Å². The third-order valence-electron chi connectivity index (χ3n) is 2.92. The molecule has 15 heavy (non-hydrogen) atoms. The van der Waals surface area contributed by atoms with Crippen molar-refractivity contribution in [3.8, 4) is 0 Å². The van der Waals surface area contributed by atoms with Crippen LogP contribution in [0.5, 0.6) is 0 Å². The molecule has 0 spiro atoms. The van der Waals surface area contributed by atoms with Crippen LogP contribution in [0.15, 0.2) is 25.3 Å². The van der Waals surface area contributed by atoms with Gasteiger partial charge in [-0.25, -0.2) is 0 Å². The van der Waals surface area contributed by atoms with E-state index in [-0.39, 0.29) is 11.8 Å². The topological polar surface area (TPSA) is 32.3 Å². The van der Waals surface area contributed by atoms with Gasteiger partial charge < -0.3 is 10.2 Å². The van der Waals surface area contributed by atoms with Crippen molar-refractivity contribution in [1.82, 2.24) is 10.2 Å². The summed E-state index contributed by atoms with van der Waals surface area (Å²) in [5.41, 5.74) is 0. The van der Waals surface area contributed by atoms with Gasteiger partial charge >= 0.3 is 0 Å². The van der Waals surface area contributed by atoms with Gasteiger partial charge in [0, 0.05) is 19.0 Å². The molecule has 0 saturated carbocycles. The van der Waals surface area contributed by atoms with Crippen LogP contribution < -0.4 is 5.32 Å². The Balaban J connectivity index is 2.52. The Labute approximate surface area is 91.8 Å². The summed E-state index contributed by atoms with van der Waals surface area (Å²) in [6, 6.07) is 0. The maximum absolute atomic E-state index is 12.1. The quantitative estimate of drug-likeness (QED) is 0.662. The maximum Gasteiger partial charge on any atom is 0.226 e. The third-order valence-corrected chi connectivity index (χ3v) is 2.92. The lowest BCUT2D eigenvalue weighted by Gasteiger charge is -2.34. The van der Waals surface area contributed by atoms with Gasteiger partial charge in [-0.1, -0.05) is 19.1 Å². The summed E-state index contributed by atoms with van der Waals surface area (Å²) in [4.78, 5) is 13.9. The van der Waals surface area contributed by atoms with Crippen LogP contribution in [0.2, 0.25) is 0 Å². The second-order valence-corrected chi connectivity index (χ2v) is 4.03. The van der Waals surface area contributed by atoms with Gasteiger partial charge in [0.25, 0.3) is 0 Å². The number of rotatable bonds is 6. The van der Waals surface area contributed by atoms with Gasteiger partial charge in [-0.2, -0.15) is 0 Å². The fraction of sp³-hybridized carbons (Fsp3) is 0.583. The monoisotopic (exact) mass is 208 g/mol. The van der Waals surface area contributed by atoms with Crippen LogP contribution >= 0.6 is 0 Å². The van der Waals surface area contributed by atoms with Gasteiger partial charge in [-0.15, -0.1) is 13.2 Å². The van der Waals surface area contributed by atoms with E-state index in [0.29, 0.717) is 19.0 Å². The molecular formula is C12H20N2O. The lowest BCUT2D eigenvalue weighted by atomic mass is 9.88. The molecule has 1 unspecified atom stereocenters. The first-order valence-electron chi connectivity index (χ1n) is 5.42. The van der Waals surface area contributed by atoms with Gasteiger partial charge in [0.1, 0.15) is 0 Å². The molecule has 0 bridgehead atoms. The van der Waals surface area contributed by atoms with Crippen LogP contribution in [0.4, 0.5) is 0 Å². The molecule has 1 aliphatic heterocycles. The van der Waals surface area contributed by atoms with E-state index in [1.807, 2.05) is 6.92 Å². The highest BCUT2D eigenvalue weighted by atomic mass is 16.2. The molecule has 1 rings (SSSR count). The Morgan fingerprint density at radius 2 is 2.00 bits per heavy atom. The van der Waals surface area contributed by atoms with E-state index < -0.39 is 0 Å². The molecule has 0 aromatic carbocycles. The highest BCUT2D eigenvalue weighted by molar-refractivity contribution is 5.79. The third kappa shape index (κ3) is 2.93. The zero-order chi connectivity index (χ0) is 11.3. The summed E-state index contributed by atoms with van der Waals surface area (Å²) in [6.45, 7) is 12.5.